The van der Waals surface area contributed by atoms with Crippen LogP contribution in [-0.4, -0.2) is 36.0 Å². The first kappa shape index (κ1) is 110. The summed E-state index contributed by atoms with van der Waals surface area (Å²) < 4.78 is 0. The van der Waals surface area contributed by atoms with Gasteiger partial charge in [0.25, 0.3) is 0 Å². The van der Waals surface area contributed by atoms with E-state index in [9.17, 15) is 0 Å². The van der Waals surface area contributed by atoms with E-state index < -0.39 is 0 Å². The van der Waals surface area contributed by atoms with Crippen LogP contribution in [-0.2, 0) is 211 Å². The molecule has 0 amide bonds. The molecular weight excluding hydrogens is 2860 g/mol. The fraction of sp³-hybridized carbons (Fsp3) is 0.842. The molecule has 0 saturated heterocycles. The van der Waals surface area contributed by atoms with Gasteiger partial charge in [-0.3, -0.25) is 0 Å². The van der Waals surface area contributed by atoms with Gasteiger partial charge in [-0.25, -0.2) is 0 Å². The van der Waals surface area contributed by atoms with E-state index in [1.54, 1.807) is 4.90 Å². The van der Waals surface area contributed by atoms with Gasteiger partial charge in [0.05, 0.1) is 0 Å². The number of hydrogen-bond donors (Lipinski definition) is 0. The van der Waals surface area contributed by atoms with E-state index in [1.807, 2.05) is 0 Å². The minimum atomic E-state index is 0. The molecule has 238 valence electrons. The third kappa shape index (κ3) is 141. The summed E-state index contributed by atoms with van der Waals surface area (Å²) in [5, 5.41) is 0. The van der Waals surface area contributed by atoms with Crippen molar-refractivity contribution in [2.45, 2.75) is 80.1 Å². The van der Waals surface area contributed by atoms with Crippen LogP contribution in [0.1, 0.15) is 80.1 Å². The van der Waals surface area contributed by atoms with Crippen LogP contribution in [0.3, 0.4) is 0 Å². The van der Waals surface area contributed by atoms with Gasteiger partial charge in [0.2, 0.25) is 0 Å². The van der Waals surface area contributed by atoms with Crippen molar-refractivity contribution < 1.29 is 224 Å². The standard InChI is InChI=1S/C12H27N.C5H11N.CH4.CH3.I3.I2.HI.10W/c1-4-7-8-9-12-13(10-5-2)11-6-3;1-4-5-6(2)3;;;1-3-2;1-2;;;;;;;;;;;/h4-12H2,1-3H3;2-5H2,1H3;1H4;1H3;;;1H;;;;;;;;;;/q;-2;;2*-1;;;;;;;;;;;;. The molecule has 0 bridgehead atoms. The van der Waals surface area contributed by atoms with E-state index in [1.165, 1.54) is 58.2 Å². The van der Waals surface area contributed by atoms with Crippen molar-refractivity contribution in [2.24, 2.45) is 0 Å². The minimum absolute atomic E-state index is 0. The van der Waals surface area contributed by atoms with Gasteiger partial charge in [-0.2, -0.15) is 0 Å². The SMILES string of the molecule is C.CCCCCCN(CCC)CCC.I.II.I[I-]I.[CH2-]N([CH2-])CCC.[CH3-].[W].[W].[W].[W].[W].[W].[W].[W].[W].[W]. The summed E-state index contributed by atoms with van der Waals surface area (Å²) in [6, 6.07) is 0. The van der Waals surface area contributed by atoms with Gasteiger partial charge in [0.15, 0.2) is 0 Å². The van der Waals surface area contributed by atoms with E-state index in [0.29, 0.717) is 13.3 Å². The molecule has 0 rings (SSSR count). The zero-order valence-electron chi connectivity index (χ0n) is 21.5. The molecule has 37 heavy (non-hydrogen) atoms. The van der Waals surface area contributed by atoms with Crippen molar-refractivity contribution in [1.29, 1.82) is 0 Å². The molecule has 0 saturated carbocycles. The third-order valence-corrected chi connectivity index (χ3v) is 2.95. The maximum Gasteiger partial charge on any atom is 0 e. The number of unbranched alkanes of at least 4 members (excludes halogenated alkanes) is 3. The van der Waals surface area contributed by atoms with E-state index in [4.69, 9.17) is 0 Å². The van der Waals surface area contributed by atoms with Crippen LogP contribution in [0.15, 0.2) is 0 Å². The quantitative estimate of drug-likeness (QED) is 0.123. The Morgan fingerprint density at radius 3 is 0.973 bits per heavy atom. The van der Waals surface area contributed by atoms with Gasteiger partial charge in [-0.05, 0) is 45.3 Å². The number of hydrogen-bond acceptors (Lipinski definition) is 2. The zero-order chi connectivity index (χ0) is 19.6. The molecule has 2 nitrogen and oxygen atoms in total. The molecule has 0 fully saturated rings. The van der Waals surface area contributed by atoms with E-state index in [0.717, 1.165) is 13.0 Å². The number of halogens is 6. The summed E-state index contributed by atoms with van der Waals surface area (Å²) in [4.78, 5) is 4.29. The molecule has 0 radical (unpaired) electrons. The second-order valence-electron chi connectivity index (χ2n) is 5.35. The second-order valence-corrected chi connectivity index (χ2v) is 21.6. The van der Waals surface area contributed by atoms with Crippen molar-refractivity contribution in [3.63, 3.8) is 0 Å². The molecule has 0 aromatic carbocycles. The Morgan fingerprint density at radius 1 is 0.541 bits per heavy atom. The van der Waals surface area contributed by atoms with Gasteiger partial charge in [-0.15, -0.1) is 24.0 Å². The fourth-order valence-electron chi connectivity index (χ4n) is 2.05. The van der Waals surface area contributed by atoms with E-state index in [-0.39, 0.29) is 249 Å². The van der Waals surface area contributed by atoms with Crippen LogP contribution in [0.5, 0.6) is 0 Å². The first-order chi connectivity index (χ1) is 11.5. The summed E-state index contributed by atoms with van der Waals surface area (Å²) >= 11 is 9.54. The Kier molecular flexibility index (Phi) is 352. The Hall–Kier alpha value is 11.2. The van der Waals surface area contributed by atoms with Crippen molar-refractivity contribution in [1.82, 2.24) is 9.80 Å². The van der Waals surface area contributed by atoms with Crippen molar-refractivity contribution in [2.75, 3.05) is 26.2 Å². The molecule has 0 aromatic heterocycles. The Labute approximate surface area is 448 Å². The van der Waals surface area contributed by atoms with E-state index in [2.05, 4.69) is 121 Å². The Bertz CT molecular complexity index is 203. The van der Waals surface area contributed by atoms with Crippen molar-refractivity contribution >= 4 is 98.4 Å². The first-order valence-electron chi connectivity index (χ1n) is 8.65. The van der Waals surface area contributed by atoms with E-state index >= 15 is 0 Å². The molecule has 0 unspecified atom stereocenters. The van der Waals surface area contributed by atoms with Crippen LogP contribution in [0.4, 0.5) is 0 Å². The average molecular weight is 2900 g/mol. The number of nitrogens with zero attached hydrogens (tertiary/aromatic N) is 2. The van der Waals surface area contributed by atoms with Gasteiger partial charge in [0.1, 0.15) is 0 Å². The topological polar surface area (TPSA) is 6.48 Å². The molecule has 0 spiro atoms. The van der Waals surface area contributed by atoms with Crippen molar-refractivity contribution in [3.8, 4) is 0 Å². The summed E-state index contributed by atoms with van der Waals surface area (Å²) in [5.74, 6) is 0. The Morgan fingerprint density at radius 2 is 0.811 bits per heavy atom. The predicted molar refractivity (Wildman–Crippen MR) is 174 cm³/mol. The minimum Gasteiger partial charge on any atom is -0.611 e. The van der Waals surface area contributed by atoms with Gasteiger partial charge < -0.3 is 31.3 Å². The number of rotatable bonds is 11. The maximum atomic E-state index is 3.55. The third-order valence-electron chi connectivity index (χ3n) is 2.95. The summed E-state index contributed by atoms with van der Waals surface area (Å²) in [5.41, 5.74) is 0. The average Bonchev–Trinajstić information content (AvgIpc) is 2.55. The summed E-state index contributed by atoms with van der Waals surface area (Å²) in [7, 11) is 7.10. The van der Waals surface area contributed by atoms with Gasteiger partial charge >= 0.3 is 50.5 Å². The summed E-state index contributed by atoms with van der Waals surface area (Å²) in [6.07, 6.45) is 9.30. The molecule has 0 heterocycles. The largest absolute Gasteiger partial charge is 0.611 e. The smallest absolute Gasteiger partial charge is 0 e. The van der Waals surface area contributed by atoms with Gasteiger partial charge in [0, 0.05) is 248 Å². The molecule has 0 aromatic rings. The Balaban J connectivity index is -0.00000000998. The second kappa shape index (κ2) is 118. The monoisotopic (exact) mass is 2900 g/mol. The van der Waals surface area contributed by atoms with Crippen LogP contribution in [0.2, 0.25) is 0 Å². The molecular formula is C19H46I6N2W10-4. The van der Waals surface area contributed by atoms with Gasteiger partial charge in [-0.1, -0.05) is 60.9 Å². The maximum absolute atomic E-state index is 3.55. The van der Waals surface area contributed by atoms with Crippen LogP contribution in [0, 0.1) is 21.5 Å². The fourth-order valence-corrected chi connectivity index (χ4v) is 2.05. The molecule has 18 heteroatoms. The zero-order valence-corrected chi connectivity index (χ0v) is 63.9. The van der Waals surface area contributed by atoms with Crippen LogP contribution < -0.4 is 13.3 Å². The molecule has 0 aliphatic carbocycles. The molecule has 0 atom stereocenters. The first-order valence-corrected chi connectivity index (χ1v) is 27.5. The molecule has 0 aliphatic heterocycles. The molecule has 0 N–H and O–H groups in total. The normalized spacial score (nSPS) is 6.27. The van der Waals surface area contributed by atoms with Crippen LogP contribution >= 0.6 is 98.4 Å². The van der Waals surface area contributed by atoms with Crippen LogP contribution in [0.25, 0.3) is 0 Å². The summed E-state index contributed by atoms with van der Waals surface area (Å²) in [6.45, 7) is 13.8. The predicted octanol–water partition coefficient (Wildman–Crippen LogP) is 7.20. The molecule has 0 aliphatic rings. The van der Waals surface area contributed by atoms with Crippen molar-refractivity contribution in [3.05, 3.63) is 21.5 Å².